The molecule has 0 radical (unpaired) electrons. The SMILES string of the molecule is COC(=O)c1cccc(COC(=O)Cc2c(C)nc(CC(C)C)c(CN)c2-c2ccc(C)cc2)c1. The van der Waals surface area contributed by atoms with Crippen molar-refractivity contribution in [3.05, 3.63) is 87.7 Å². The molecule has 35 heavy (non-hydrogen) atoms. The first-order chi connectivity index (χ1) is 16.7. The molecule has 0 atom stereocenters. The van der Waals surface area contributed by atoms with Crippen molar-refractivity contribution in [1.29, 1.82) is 0 Å². The number of aromatic nitrogens is 1. The van der Waals surface area contributed by atoms with Crippen LogP contribution in [0.3, 0.4) is 0 Å². The van der Waals surface area contributed by atoms with Crippen molar-refractivity contribution in [2.24, 2.45) is 11.7 Å². The van der Waals surface area contributed by atoms with Gasteiger partial charge >= 0.3 is 11.9 Å². The lowest BCUT2D eigenvalue weighted by molar-refractivity contribution is -0.144. The molecule has 2 aromatic carbocycles. The van der Waals surface area contributed by atoms with Gasteiger partial charge in [-0.05, 0) is 66.1 Å². The number of carbonyl (C=O) groups excluding carboxylic acids is 2. The molecule has 3 aromatic rings. The number of esters is 2. The second kappa shape index (κ2) is 11.8. The number of pyridine rings is 1. The van der Waals surface area contributed by atoms with E-state index < -0.39 is 5.97 Å². The van der Waals surface area contributed by atoms with Crippen LogP contribution in [-0.2, 0) is 40.3 Å². The third-order valence-corrected chi connectivity index (χ3v) is 5.91. The van der Waals surface area contributed by atoms with Crippen LogP contribution in [0.25, 0.3) is 11.1 Å². The zero-order chi connectivity index (χ0) is 25.5. The Morgan fingerprint density at radius 1 is 1.03 bits per heavy atom. The number of nitrogens with two attached hydrogens (primary N) is 1. The largest absolute Gasteiger partial charge is 0.465 e. The van der Waals surface area contributed by atoms with Gasteiger partial charge in [-0.25, -0.2) is 4.79 Å². The van der Waals surface area contributed by atoms with E-state index in [4.69, 9.17) is 20.2 Å². The van der Waals surface area contributed by atoms with Gasteiger partial charge in [-0.1, -0.05) is 55.8 Å². The molecule has 0 spiro atoms. The maximum atomic E-state index is 12.9. The molecule has 184 valence electrons. The lowest BCUT2D eigenvalue weighted by Crippen LogP contribution is -2.16. The Labute approximate surface area is 207 Å². The lowest BCUT2D eigenvalue weighted by atomic mass is 9.88. The highest BCUT2D eigenvalue weighted by molar-refractivity contribution is 5.89. The van der Waals surface area contributed by atoms with E-state index in [0.717, 1.165) is 45.6 Å². The van der Waals surface area contributed by atoms with Crippen molar-refractivity contribution in [2.75, 3.05) is 7.11 Å². The Kier molecular flexibility index (Phi) is 8.77. The van der Waals surface area contributed by atoms with Crippen LogP contribution in [0.4, 0.5) is 0 Å². The van der Waals surface area contributed by atoms with E-state index in [9.17, 15) is 9.59 Å². The quantitative estimate of drug-likeness (QED) is 0.434. The summed E-state index contributed by atoms with van der Waals surface area (Å²) >= 11 is 0. The molecule has 0 aliphatic carbocycles. The molecule has 2 N–H and O–H groups in total. The molecule has 0 amide bonds. The van der Waals surface area contributed by atoms with Crippen LogP contribution in [0.2, 0.25) is 0 Å². The van der Waals surface area contributed by atoms with E-state index >= 15 is 0 Å². The highest BCUT2D eigenvalue weighted by atomic mass is 16.5. The van der Waals surface area contributed by atoms with Crippen LogP contribution in [-0.4, -0.2) is 24.0 Å². The third kappa shape index (κ3) is 6.55. The van der Waals surface area contributed by atoms with Gasteiger partial charge in [-0.15, -0.1) is 0 Å². The van der Waals surface area contributed by atoms with Crippen LogP contribution in [0.5, 0.6) is 0 Å². The van der Waals surface area contributed by atoms with Crippen molar-refractivity contribution in [3.8, 4) is 11.1 Å². The van der Waals surface area contributed by atoms with Gasteiger partial charge in [-0.3, -0.25) is 9.78 Å². The standard InChI is InChI=1S/C29H34N2O4/c1-18(2)13-26-25(16-30)28(22-11-9-19(3)10-12-22)24(20(4)31-26)15-27(32)35-17-21-7-6-8-23(14-21)29(33)34-5/h6-12,14,18H,13,15-17,30H2,1-5H3. The van der Waals surface area contributed by atoms with Crippen LogP contribution in [0.1, 0.15) is 57.8 Å². The first-order valence-electron chi connectivity index (χ1n) is 11.8. The van der Waals surface area contributed by atoms with Gasteiger partial charge in [-0.2, -0.15) is 0 Å². The summed E-state index contributed by atoms with van der Waals surface area (Å²) in [5, 5.41) is 0. The van der Waals surface area contributed by atoms with Gasteiger partial charge in [0, 0.05) is 17.9 Å². The lowest BCUT2D eigenvalue weighted by Gasteiger charge is -2.21. The van der Waals surface area contributed by atoms with Crippen LogP contribution in [0.15, 0.2) is 48.5 Å². The Morgan fingerprint density at radius 3 is 2.37 bits per heavy atom. The average Bonchev–Trinajstić information content (AvgIpc) is 2.84. The van der Waals surface area contributed by atoms with Crippen molar-refractivity contribution >= 4 is 11.9 Å². The fourth-order valence-electron chi connectivity index (χ4n) is 4.17. The molecular formula is C29H34N2O4. The number of hydrogen-bond acceptors (Lipinski definition) is 6. The first kappa shape index (κ1) is 26.1. The number of carbonyl (C=O) groups is 2. The average molecular weight is 475 g/mol. The topological polar surface area (TPSA) is 91.5 Å². The second-order valence-electron chi connectivity index (χ2n) is 9.17. The number of ether oxygens (including phenoxy) is 2. The molecule has 0 unspecified atom stereocenters. The molecule has 1 heterocycles. The van der Waals surface area contributed by atoms with Gasteiger partial charge < -0.3 is 15.2 Å². The molecule has 6 nitrogen and oxygen atoms in total. The van der Waals surface area contributed by atoms with E-state index in [1.807, 2.05) is 13.8 Å². The molecule has 6 heteroatoms. The van der Waals surface area contributed by atoms with E-state index in [0.29, 0.717) is 23.6 Å². The number of rotatable bonds is 9. The summed E-state index contributed by atoms with van der Waals surface area (Å²) in [5.41, 5.74) is 14.1. The van der Waals surface area contributed by atoms with Crippen molar-refractivity contribution in [3.63, 3.8) is 0 Å². The summed E-state index contributed by atoms with van der Waals surface area (Å²) in [6, 6.07) is 15.1. The zero-order valence-electron chi connectivity index (χ0n) is 21.2. The molecule has 0 aliphatic rings. The number of hydrogen-bond donors (Lipinski definition) is 1. The van der Waals surface area contributed by atoms with Crippen LogP contribution >= 0.6 is 0 Å². The van der Waals surface area contributed by atoms with Gasteiger partial charge in [0.2, 0.25) is 0 Å². The Hall–Kier alpha value is -3.51. The van der Waals surface area contributed by atoms with Crippen molar-refractivity contribution in [1.82, 2.24) is 4.98 Å². The van der Waals surface area contributed by atoms with Gasteiger partial charge in [0.05, 0.1) is 19.1 Å². The number of nitrogens with zero attached hydrogens (tertiary/aromatic N) is 1. The summed E-state index contributed by atoms with van der Waals surface area (Å²) < 4.78 is 10.3. The fraction of sp³-hybridized carbons (Fsp3) is 0.345. The Balaban J connectivity index is 1.92. The molecule has 0 saturated heterocycles. The molecule has 0 saturated carbocycles. The summed E-state index contributed by atoms with van der Waals surface area (Å²) in [5.74, 6) is -0.376. The maximum Gasteiger partial charge on any atom is 0.337 e. The molecule has 0 fully saturated rings. The Bertz CT molecular complexity index is 1200. The minimum Gasteiger partial charge on any atom is -0.465 e. The van der Waals surface area contributed by atoms with Gasteiger partial charge in [0.25, 0.3) is 0 Å². The highest BCUT2D eigenvalue weighted by Gasteiger charge is 2.21. The Morgan fingerprint density at radius 2 is 1.74 bits per heavy atom. The predicted molar refractivity (Wildman–Crippen MR) is 137 cm³/mol. The zero-order valence-corrected chi connectivity index (χ0v) is 21.2. The molecule has 0 bridgehead atoms. The smallest absolute Gasteiger partial charge is 0.337 e. The summed E-state index contributed by atoms with van der Waals surface area (Å²) in [4.78, 5) is 29.6. The fourth-order valence-corrected chi connectivity index (χ4v) is 4.17. The molecule has 3 rings (SSSR count). The normalized spacial score (nSPS) is 10.9. The number of benzene rings is 2. The summed E-state index contributed by atoms with van der Waals surface area (Å²) in [6.45, 7) is 8.69. The number of methoxy groups -OCH3 is 1. The van der Waals surface area contributed by atoms with Crippen molar-refractivity contribution in [2.45, 2.75) is 53.7 Å². The minimum atomic E-state index is -0.432. The summed E-state index contributed by atoms with van der Waals surface area (Å²) in [7, 11) is 1.33. The molecule has 1 aromatic heterocycles. The van der Waals surface area contributed by atoms with E-state index in [-0.39, 0.29) is 19.0 Å². The van der Waals surface area contributed by atoms with E-state index in [2.05, 4.69) is 38.1 Å². The maximum absolute atomic E-state index is 12.9. The van der Waals surface area contributed by atoms with Gasteiger partial charge in [0.1, 0.15) is 6.61 Å². The first-order valence-corrected chi connectivity index (χ1v) is 11.8. The molecule has 0 aliphatic heterocycles. The van der Waals surface area contributed by atoms with E-state index in [1.165, 1.54) is 7.11 Å². The van der Waals surface area contributed by atoms with Gasteiger partial charge in [0.15, 0.2) is 0 Å². The monoisotopic (exact) mass is 474 g/mol. The number of aryl methyl sites for hydroxylation is 2. The second-order valence-corrected chi connectivity index (χ2v) is 9.17. The third-order valence-electron chi connectivity index (χ3n) is 5.91. The predicted octanol–water partition coefficient (Wildman–Crippen LogP) is 5.10. The van der Waals surface area contributed by atoms with Crippen LogP contribution in [0, 0.1) is 19.8 Å². The van der Waals surface area contributed by atoms with Crippen molar-refractivity contribution < 1.29 is 19.1 Å². The highest BCUT2D eigenvalue weighted by Crippen LogP contribution is 2.33. The minimum absolute atomic E-state index is 0.0607. The molecular weight excluding hydrogens is 440 g/mol. The summed E-state index contributed by atoms with van der Waals surface area (Å²) in [6.07, 6.45) is 0.890. The van der Waals surface area contributed by atoms with Crippen LogP contribution < -0.4 is 5.73 Å². The van der Waals surface area contributed by atoms with E-state index in [1.54, 1.807) is 24.3 Å².